The number of fused-ring (bicyclic) bond motifs is 1. The number of hydrogen-bond acceptors (Lipinski definition) is 3. The van der Waals surface area contributed by atoms with Crippen LogP contribution in [0.1, 0.15) is 43.0 Å². The smallest absolute Gasteiger partial charge is 0.349 e. The zero-order chi connectivity index (χ0) is 16.6. The molecule has 3 rings (SSSR count). The number of rotatable bonds is 2. The Labute approximate surface area is 150 Å². The van der Waals surface area contributed by atoms with Gasteiger partial charge in [0, 0.05) is 15.9 Å². The second-order valence-electron chi connectivity index (χ2n) is 6.10. The van der Waals surface area contributed by atoms with Gasteiger partial charge in [0.2, 0.25) is 0 Å². The molecule has 0 unspecified atom stereocenters. The molecule has 2 aromatic rings. The quantitative estimate of drug-likeness (QED) is 0.690. The third kappa shape index (κ3) is 3.53. The largest absolute Gasteiger partial charge is 0.421 e. The first-order chi connectivity index (χ1) is 11.0. The zero-order valence-electron chi connectivity index (χ0n) is 12.7. The fourth-order valence-corrected chi connectivity index (χ4v) is 4.43. The normalized spacial score (nSPS) is 21.3. The van der Waals surface area contributed by atoms with Gasteiger partial charge in [-0.05, 0) is 52.9 Å². The molecule has 0 bridgehead atoms. The van der Waals surface area contributed by atoms with Crippen molar-refractivity contribution in [3.8, 4) is 0 Å². The molecule has 23 heavy (non-hydrogen) atoms. The van der Waals surface area contributed by atoms with E-state index >= 15 is 0 Å². The summed E-state index contributed by atoms with van der Waals surface area (Å²) in [7, 11) is 0. The minimum atomic E-state index is -0.610. The van der Waals surface area contributed by atoms with Crippen molar-refractivity contribution >= 4 is 48.7 Å². The van der Waals surface area contributed by atoms with Gasteiger partial charge in [0.05, 0.1) is 4.47 Å². The van der Waals surface area contributed by atoms with E-state index in [1.165, 1.54) is 6.42 Å². The number of amides is 1. The number of halogens is 2. The Morgan fingerprint density at radius 2 is 1.96 bits per heavy atom. The molecule has 0 spiro atoms. The zero-order valence-corrected chi connectivity index (χ0v) is 15.9. The van der Waals surface area contributed by atoms with Gasteiger partial charge in [-0.1, -0.05) is 35.7 Å². The van der Waals surface area contributed by atoms with E-state index in [9.17, 15) is 9.59 Å². The van der Waals surface area contributed by atoms with Crippen LogP contribution in [0.3, 0.4) is 0 Å². The van der Waals surface area contributed by atoms with Gasteiger partial charge < -0.3 is 9.73 Å². The molecule has 2 atom stereocenters. The number of hydrogen-bond donors (Lipinski definition) is 1. The van der Waals surface area contributed by atoms with Crippen molar-refractivity contribution in [3.63, 3.8) is 0 Å². The van der Waals surface area contributed by atoms with Crippen LogP contribution in [0, 0.1) is 5.92 Å². The van der Waals surface area contributed by atoms with Crippen molar-refractivity contribution < 1.29 is 9.21 Å². The van der Waals surface area contributed by atoms with Gasteiger partial charge in [-0.2, -0.15) is 0 Å². The van der Waals surface area contributed by atoms with Gasteiger partial charge >= 0.3 is 5.63 Å². The van der Waals surface area contributed by atoms with E-state index in [0.29, 0.717) is 21.4 Å². The van der Waals surface area contributed by atoms with Gasteiger partial charge in [0.25, 0.3) is 5.91 Å². The lowest BCUT2D eigenvalue weighted by Gasteiger charge is -2.29. The van der Waals surface area contributed by atoms with Crippen LogP contribution in [-0.2, 0) is 0 Å². The predicted octanol–water partition coefficient (Wildman–Crippen LogP) is 4.63. The summed E-state index contributed by atoms with van der Waals surface area (Å²) in [6, 6.07) is 5.35. The SMILES string of the molecule is C[C@H]1CCCC[C@H]1NC(=O)c1cc2cc(Br)cc(Br)c2oc1=O. The highest BCUT2D eigenvalue weighted by Gasteiger charge is 2.25. The second kappa shape index (κ2) is 6.77. The van der Waals surface area contributed by atoms with Crippen molar-refractivity contribution in [3.05, 3.63) is 43.1 Å². The third-order valence-electron chi connectivity index (χ3n) is 4.42. The van der Waals surface area contributed by atoms with E-state index < -0.39 is 5.63 Å². The molecule has 122 valence electrons. The van der Waals surface area contributed by atoms with Gasteiger partial charge in [-0.15, -0.1) is 0 Å². The van der Waals surface area contributed by atoms with Gasteiger partial charge in [0.15, 0.2) is 5.58 Å². The third-order valence-corrected chi connectivity index (χ3v) is 5.47. The molecule has 1 aliphatic carbocycles. The van der Waals surface area contributed by atoms with Gasteiger partial charge in [-0.3, -0.25) is 4.79 Å². The number of nitrogens with one attached hydrogen (secondary N) is 1. The van der Waals surface area contributed by atoms with Crippen LogP contribution in [0.2, 0.25) is 0 Å². The number of carbonyl (C=O) groups is 1. The fraction of sp³-hybridized carbons (Fsp3) is 0.412. The van der Waals surface area contributed by atoms with Crippen molar-refractivity contribution in [1.82, 2.24) is 5.32 Å². The molecule has 4 nitrogen and oxygen atoms in total. The highest BCUT2D eigenvalue weighted by atomic mass is 79.9. The van der Waals surface area contributed by atoms with Crippen LogP contribution in [0.15, 0.2) is 36.4 Å². The molecule has 1 amide bonds. The van der Waals surface area contributed by atoms with E-state index in [2.05, 4.69) is 44.1 Å². The van der Waals surface area contributed by atoms with Crippen LogP contribution in [-0.4, -0.2) is 11.9 Å². The maximum absolute atomic E-state index is 12.5. The lowest BCUT2D eigenvalue weighted by molar-refractivity contribution is 0.0906. The van der Waals surface area contributed by atoms with Crippen LogP contribution in [0.4, 0.5) is 0 Å². The van der Waals surface area contributed by atoms with E-state index in [0.717, 1.165) is 23.7 Å². The molecule has 0 aliphatic heterocycles. The highest BCUT2D eigenvalue weighted by molar-refractivity contribution is 9.11. The molecule has 0 saturated heterocycles. The number of carbonyl (C=O) groups excluding carboxylic acids is 1. The monoisotopic (exact) mass is 441 g/mol. The summed E-state index contributed by atoms with van der Waals surface area (Å²) in [6.45, 7) is 2.14. The molecule has 1 saturated carbocycles. The summed E-state index contributed by atoms with van der Waals surface area (Å²) in [5.74, 6) is 0.0824. The molecular weight excluding hydrogens is 426 g/mol. The molecule has 1 heterocycles. The Hall–Kier alpha value is -1.14. The number of benzene rings is 1. The topological polar surface area (TPSA) is 59.3 Å². The average molecular weight is 443 g/mol. The minimum absolute atomic E-state index is 0.0558. The first-order valence-corrected chi connectivity index (χ1v) is 9.28. The molecule has 1 fully saturated rings. The van der Waals surface area contributed by atoms with E-state index in [1.54, 1.807) is 12.1 Å². The standard InChI is InChI=1S/C17H17Br2NO3/c1-9-4-2-3-5-14(9)20-16(21)12-7-10-6-11(18)8-13(19)15(10)23-17(12)22/h6-9,14H,2-5H2,1H3,(H,20,21)/t9-,14+/m0/s1. The van der Waals surface area contributed by atoms with Gasteiger partial charge in [-0.25, -0.2) is 4.79 Å². The van der Waals surface area contributed by atoms with Crippen LogP contribution < -0.4 is 10.9 Å². The molecule has 1 aromatic carbocycles. The second-order valence-corrected chi connectivity index (χ2v) is 7.87. The molecule has 1 aromatic heterocycles. The Bertz CT molecular complexity index is 815. The summed E-state index contributed by atoms with van der Waals surface area (Å²) in [5, 5.41) is 3.70. The lowest BCUT2D eigenvalue weighted by atomic mass is 9.86. The summed E-state index contributed by atoms with van der Waals surface area (Å²) in [6.07, 6.45) is 4.38. The molecule has 1 N–H and O–H groups in total. The van der Waals surface area contributed by atoms with Crippen molar-refractivity contribution in [1.29, 1.82) is 0 Å². The first kappa shape index (κ1) is 16.7. The van der Waals surface area contributed by atoms with Crippen LogP contribution in [0.25, 0.3) is 11.0 Å². The minimum Gasteiger partial charge on any atom is -0.421 e. The van der Waals surface area contributed by atoms with E-state index in [4.69, 9.17) is 4.42 Å². The molecular formula is C17H17Br2NO3. The van der Waals surface area contributed by atoms with Crippen LogP contribution in [0.5, 0.6) is 0 Å². The Kier molecular flexibility index (Phi) is 4.92. The Balaban J connectivity index is 1.94. The maximum Gasteiger partial charge on any atom is 0.349 e. The highest BCUT2D eigenvalue weighted by Crippen LogP contribution is 2.28. The first-order valence-electron chi connectivity index (χ1n) is 7.69. The van der Waals surface area contributed by atoms with Crippen molar-refractivity contribution in [2.24, 2.45) is 5.92 Å². The summed E-state index contributed by atoms with van der Waals surface area (Å²) in [5.41, 5.74) is -0.109. The molecule has 1 aliphatic rings. The molecule has 6 heteroatoms. The maximum atomic E-state index is 12.5. The van der Waals surface area contributed by atoms with Crippen molar-refractivity contribution in [2.75, 3.05) is 0 Å². The van der Waals surface area contributed by atoms with Crippen LogP contribution >= 0.6 is 31.9 Å². The Morgan fingerprint density at radius 3 is 2.70 bits per heavy atom. The summed E-state index contributed by atoms with van der Waals surface area (Å²) < 4.78 is 6.85. The average Bonchev–Trinajstić information content (AvgIpc) is 2.49. The fourth-order valence-electron chi connectivity index (χ4n) is 3.09. The van der Waals surface area contributed by atoms with E-state index in [-0.39, 0.29) is 17.5 Å². The van der Waals surface area contributed by atoms with Gasteiger partial charge in [0.1, 0.15) is 5.56 Å². The molecule has 0 radical (unpaired) electrons. The van der Waals surface area contributed by atoms with Crippen molar-refractivity contribution in [2.45, 2.75) is 38.6 Å². The van der Waals surface area contributed by atoms with E-state index in [1.807, 2.05) is 6.07 Å². The lowest BCUT2D eigenvalue weighted by Crippen LogP contribution is -2.42. The summed E-state index contributed by atoms with van der Waals surface area (Å²) >= 11 is 6.77. The predicted molar refractivity (Wildman–Crippen MR) is 96.8 cm³/mol. The summed E-state index contributed by atoms with van der Waals surface area (Å²) in [4.78, 5) is 24.7. The Morgan fingerprint density at radius 1 is 1.22 bits per heavy atom.